The van der Waals surface area contributed by atoms with Gasteiger partial charge in [-0.25, -0.2) is 0 Å². The van der Waals surface area contributed by atoms with Gasteiger partial charge in [-0.3, -0.25) is 14.4 Å². The van der Waals surface area contributed by atoms with Crippen molar-refractivity contribution >= 4 is 17.7 Å². The lowest BCUT2D eigenvalue weighted by Crippen LogP contribution is -2.57. The Hall–Kier alpha value is -2.19. The summed E-state index contributed by atoms with van der Waals surface area (Å²) in [5, 5.41) is 9.26. The summed E-state index contributed by atoms with van der Waals surface area (Å²) in [6.45, 7) is 14.4. The van der Waals surface area contributed by atoms with Crippen LogP contribution in [-0.2, 0) is 19.1 Å². The van der Waals surface area contributed by atoms with Crippen LogP contribution in [0.2, 0.25) is 0 Å². The predicted molar refractivity (Wildman–Crippen MR) is 125 cm³/mol. The summed E-state index contributed by atoms with van der Waals surface area (Å²) in [5.41, 5.74) is -1.81. The molecule has 3 amide bonds. The van der Waals surface area contributed by atoms with Gasteiger partial charge in [0.1, 0.15) is 11.6 Å². The normalized spacial score (nSPS) is 32.2. The molecular formula is C25H39N3O5. The fraction of sp³-hybridized carbons (Fsp3) is 0.720. The van der Waals surface area contributed by atoms with Crippen LogP contribution in [0.1, 0.15) is 46.5 Å². The number of ether oxygens (including phenoxy) is 1. The van der Waals surface area contributed by atoms with Gasteiger partial charge in [-0.15, -0.1) is 13.2 Å². The Morgan fingerprint density at radius 2 is 1.88 bits per heavy atom. The van der Waals surface area contributed by atoms with E-state index in [4.69, 9.17) is 4.74 Å². The molecule has 0 saturated carbocycles. The Labute approximate surface area is 197 Å². The topological polar surface area (TPSA) is 90.4 Å². The molecule has 8 heteroatoms. The van der Waals surface area contributed by atoms with Gasteiger partial charge in [0.2, 0.25) is 17.7 Å². The van der Waals surface area contributed by atoms with E-state index >= 15 is 0 Å². The van der Waals surface area contributed by atoms with E-state index in [1.54, 1.807) is 33.9 Å². The number of aliphatic hydroxyl groups is 1. The van der Waals surface area contributed by atoms with Gasteiger partial charge < -0.3 is 24.5 Å². The van der Waals surface area contributed by atoms with Crippen molar-refractivity contribution in [1.29, 1.82) is 0 Å². The molecule has 3 fully saturated rings. The van der Waals surface area contributed by atoms with Gasteiger partial charge in [0, 0.05) is 39.3 Å². The maximum atomic E-state index is 14.0. The summed E-state index contributed by atoms with van der Waals surface area (Å²) in [6.07, 6.45) is 5.62. The molecule has 3 saturated heterocycles. The van der Waals surface area contributed by atoms with Gasteiger partial charge in [0.25, 0.3) is 0 Å². The third-order valence-electron chi connectivity index (χ3n) is 7.60. The van der Waals surface area contributed by atoms with Crippen LogP contribution >= 0.6 is 0 Å². The van der Waals surface area contributed by atoms with Gasteiger partial charge in [-0.2, -0.15) is 0 Å². The number of carbonyl (C=O) groups excluding carboxylic acids is 3. The summed E-state index contributed by atoms with van der Waals surface area (Å²) in [4.78, 5) is 46.2. The van der Waals surface area contributed by atoms with Crippen LogP contribution in [0.25, 0.3) is 0 Å². The lowest BCUT2D eigenvalue weighted by molar-refractivity contribution is -0.154. The molecule has 0 aromatic rings. The van der Waals surface area contributed by atoms with E-state index in [-0.39, 0.29) is 30.4 Å². The van der Waals surface area contributed by atoms with E-state index < -0.39 is 29.1 Å². The lowest BCUT2D eigenvalue weighted by atomic mass is 9.66. The maximum Gasteiger partial charge on any atom is 0.248 e. The summed E-state index contributed by atoms with van der Waals surface area (Å²) in [6, 6.07) is -0.869. The summed E-state index contributed by atoms with van der Waals surface area (Å²) in [5.74, 6) is -1.85. The number of rotatable bonds is 11. The molecular weight excluding hydrogens is 422 g/mol. The Balaban J connectivity index is 2.06. The van der Waals surface area contributed by atoms with Gasteiger partial charge in [-0.1, -0.05) is 12.2 Å². The minimum Gasteiger partial charge on any atom is -0.396 e. The van der Waals surface area contributed by atoms with Crippen molar-refractivity contribution in [2.24, 2.45) is 11.8 Å². The third kappa shape index (κ3) is 4.01. The first-order chi connectivity index (χ1) is 15.6. The molecule has 0 aliphatic carbocycles. The Morgan fingerprint density at radius 3 is 2.45 bits per heavy atom. The molecule has 184 valence electrons. The second kappa shape index (κ2) is 9.58. The molecule has 5 atom stereocenters. The molecule has 3 aliphatic rings. The first-order valence-corrected chi connectivity index (χ1v) is 12.0. The molecule has 0 aromatic carbocycles. The fourth-order valence-electron chi connectivity index (χ4n) is 6.09. The second-order valence-electron chi connectivity index (χ2n) is 10.1. The zero-order valence-corrected chi connectivity index (χ0v) is 20.5. The van der Waals surface area contributed by atoms with Gasteiger partial charge in [-0.05, 0) is 46.5 Å². The zero-order valence-electron chi connectivity index (χ0n) is 20.5. The highest BCUT2D eigenvalue weighted by atomic mass is 16.5. The van der Waals surface area contributed by atoms with Gasteiger partial charge in [0.05, 0.1) is 17.4 Å². The Bertz CT molecular complexity index is 814. The zero-order chi connectivity index (χ0) is 24.6. The molecule has 2 bridgehead atoms. The lowest BCUT2D eigenvalue weighted by Gasteiger charge is -2.38. The van der Waals surface area contributed by atoms with Crippen molar-refractivity contribution < 1.29 is 24.2 Å². The van der Waals surface area contributed by atoms with Crippen molar-refractivity contribution in [3.8, 4) is 0 Å². The van der Waals surface area contributed by atoms with Crippen LogP contribution in [0.5, 0.6) is 0 Å². The number of hydrogen-bond acceptors (Lipinski definition) is 5. The first kappa shape index (κ1) is 25.4. The van der Waals surface area contributed by atoms with Crippen molar-refractivity contribution in [3.05, 3.63) is 25.3 Å². The maximum absolute atomic E-state index is 14.0. The summed E-state index contributed by atoms with van der Waals surface area (Å²) >= 11 is 0. The number of likely N-dealkylation sites (tertiary alicyclic amines) is 1. The molecule has 33 heavy (non-hydrogen) atoms. The second-order valence-corrected chi connectivity index (χ2v) is 10.1. The standard InChI is InChI=1S/C25H39N3O5/c1-7-13-26(6)21(30)18-19-22(31)28(15-9-10-16-29)20(23(32)27(14-8-2)17(3)4)25(19)12-11-24(18,5)33-25/h7-8,17-20,29H,1-2,9-16H2,3-6H3/t18-,19+,20?,24+,25?/m1/s1. The molecule has 3 rings (SSSR count). The van der Waals surface area contributed by atoms with E-state index in [1.807, 2.05) is 20.8 Å². The number of nitrogens with zero attached hydrogens (tertiary/aromatic N) is 3. The molecule has 0 aromatic heterocycles. The summed E-state index contributed by atoms with van der Waals surface area (Å²) < 4.78 is 6.62. The number of hydrogen-bond donors (Lipinski definition) is 1. The van der Waals surface area contributed by atoms with E-state index in [2.05, 4.69) is 13.2 Å². The van der Waals surface area contributed by atoms with Crippen molar-refractivity contribution in [2.45, 2.75) is 69.7 Å². The molecule has 3 aliphatic heterocycles. The SMILES string of the molecule is C=CCN(C)C(=O)[C@H]1[C@H]2C(=O)N(CCCCO)C(C(=O)N(CC=C)C(C)C)C23CC[C@]1(C)O3. The average Bonchev–Trinajstić information content (AvgIpc) is 3.32. The monoisotopic (exact) mass is 461 g/mol. The van der Waals surface area contributed by atoms with E-state index in [0.29, 0.717) is 45.3 Å². The Kier molecular flexibility index (Phi) is 7.39. The summed E-state index contributed by atoms with van der Waals surface area (Å²) in [7, 11) is 1.71. The highest BCUT2D eigenvalue weighted by Crippen LogP contribution is 2.63. The Morgan fingerprint density at radius 1 is 1.21 bits per heavy atom. The van der Waals surface area contributed by atoms with E-state index in [0.717, 1.165) is 0 Å². The number of aliphatic hydroxyl groups excluding tert-OH is 1. The third-order valence-corrected chi connectivity index (χ3v) is 7.60. The minimum atomic E-state index is -1.02. The largest absolute Gasteiger partial charge is 0.396 e. The molecule has 1 spiro atoms. The van der Waals surface area contributed by atoms with Gasteiger partial charge >= 0.3 is 0 Å². The minimum absolute atomic E-state index is 0.0197. The van der Waals surface area contributed by atoms with Crippen LogP contribution < -0.4 is 0 Å². The molecule has 0 radical (unpaired) electrons. The quantitative estimate of drug-likeness (QED) is 0.373. The van der Waals surface area contributed by atoms with Crippen LogP contribution in [0.4, 0.5) is 0 Å². The first-order valence-electron chi connectivity index (χ1n) is 12.0. The number of likely N-dealkylation sites (N-methyl/N-ethyl adjacent to an activating group) is 1. The molecule has 3 heterocycles. The molecule has 1 N–H and O–H groups in total. The van der Waals surface area contributed by atoms with Crippen LogP contribution in [0.15, 0.2) is 25.3 Å². The van der Waals surface area contributed by atoms with E-state index in [1.165, 1.54) is 0 Å². The predicted octanol–water partition coefficient (Wildman–Crippen LogP) is 1.59. The van der Waals surface area contributed by atoms with Crippen molar-refractivity contribution in [1.82, 2.24) is 14.7 Å². The number of amides is 3. The van der Waals surface area contributed by atoms with E-state index in [9.17, 15) is 19.5 Å². The van der Waals surface area contributed by atoms with Gasteiger partial charge in [0.15, 0.2) is 0 Å². The smallest absolute Gasteiger partial charge is 0.248 e. The number of fused-ring (bicyclic) bond motifs is 1. The highest BCUT2D eigenvalue weighted by molar-refractivity contribution is 5.99. The number of unbranched alkanes of at least 4 members (excludes halogenated alkanes) is 1. The van der Waals surface area contributed by atoms with Crippen LogP contribution in [0, 0.1) is 11.8 Å². The van der Waals surface area contributed by atoms with Crippen LogP contribution in [0.3, 0.4) is 0 Å². The molecule has 2 unspecified atom stereocenters. The fourth-order valence-corrected chi connectivity index (χ4v) is 6.09. The number of carbonyl (C=O) groups is 3. The van der Waals surface area contributed by atoms with Crippen molar-refractivity contribution in [3.63, 3.8) is 0 Å². The molecule has 8 nitrogen and oxygen atoms in total. The average molecular weight is 462 g/mol. The highest BCUT2D eigenvalue weighted by Gasteiger charge is 2.78. The van der Waals surface area contributed by atoms with Crippen molar-refractivity contribution in [2.75, 3.05) is 33.3 Å². The van der Waals surface area contributed by atoms with Crippen LogP contribution in [-0.4, -0.2) is 94.1 Å².